The molecule has 0 fully saturated rings. The lowest BCUT2D eigenvalue weighted by Gasteiger charge is -2.12. The number of Topliss-reactive ketones (excluding diaryl/α,β-unsaturated/α-hetero) is 1. The summed E-state index contributed by atoms with van der Waals surface area (Å²) >= 11 is 0. The molecule has 0 aliphatic carbocycles. The number of nitrogens with zero attached hydrogens (tertiary/aromatic N) is 1. The van der Waals surface area contributed by atoms with Crippen molar-refractivity contribution in [2.75, 3.05) is 0 Å². The van der Waals surface area contributed by atoms with Gasteiger partial charge in [-0.25, -0.2) is 0 Å². The van der Waals surface area contributed by atoms with Gasteiger partial charge in [-0.15, -0.1) is 0 Å². The molecule has 3 heteroatoms. The monoisotopic (exact) mass is 206 g/mol. The van der Waals surface area contributed by atoms with Crippen molar-refractivity contribution in [3.8, 4) is 0 Å². The first kappa shape index (κ1) is 11.9. The molecule has 0 spiro atoms. The van der Waals surface area contributed by atoms with Gasteiger partial charge in [-0.2, -0.15) is 0 Å². The summed E-state index contributed by atoms with van der Waals surface area (Å²) in [5.74, 6) is 0.418. The van der Waals surface area contributed by atoms with Crippen LogP contribution in [0.2, 0.25) is 0 Å². The number of nitrogens with two attached hydrogens (primary N) is 1. The molecule has 0 aliphatic heterocycles. The fraction of sp³-hybridized carbons (Fsp3) is 0.500. The Morgan fingerprint density at radius 2 is 2.13 bits per heavy atom. The highest BCUT2D eigenvalue weighted by molar-refractivity contribution is 5.99. The van der Waals surface area contributed by atoms with Gasteiger partial charge in [0, 0.05) is 18.0 Å². The zero-order valence-electron chi connectivity index (χ0n) is 9.53. The Balaban J connectivity index is 2.76. The van der Waals surface area contributed by atoms with Crippen LogP contribution in [0, 0.1) is 12.8 Å². The minimum atomic E-state index is -0.409. The van der Waals surface area contributed by atoms with Crippen molar-refractivity contribution in [2.24, 2.45) is 11.7 Å². The van der Waals surface area contributed by atoms with Crippen molar-refractivity contribution in [3.05, 3.63) is 29.6 Å². The van der Waals surface area contributed by atoms with E-state index in [4.69, 9.17) is 5.73 Å². The Morgan fingerprint density at radius 3 is 2.67 bits per heavy atom. The van der Waals surface area contributed by atoms with Crippen LogP contribution in [0.25, 0.3) is 0 Å². The molecule has 0 aromatic carbocycles. The first-order chi connectivity index (χ1) is 7.00. The highest BCUT2D eigenvalue weighted by Gasteiger charge is 2.17. The fourth-order valence-corrected chi connectivity index (χ4v) is 1.52. The lowest BCUT2D eigenvalue weighted by atomic mass is 9.97. The summed E-state index contributed by atoms with van der Waals surface area (Å²) in [6.07, 6.45) is 4.02. The van der Waals surface area contributed by atoms with Gasteiger partial charge in [-0.05, 0) is 30.9 Å². The van der Waals surface area contributed by atoms with E-state index in [-0.39, 0.29) is 5.78 Å². The minimum Gasteiger partial charge on any atom is -0.321 e. The molecule has 1 rings (SSSR count). The van der Waals surface area contributed by atoms with Crippen molar-refractivity contribution in [1.82, 2.24) is 4.98 Å². The van der Waals surface area contributed by atoms with E-state index in [2.05, 4.69) is 18.8 Å². The molecule has 1 heterocycles. The van der Waals surface area contributed by atoms with Crippen LogP contribution >= 0.6 is 0 Å². The predicted octanol–water partition coefficient (Wildman–Crippen LogP) is 1.95. The van der Waals surface area contributed by atoms with Crippen LogP contribution in [-0.4, -0.2) is 16.8 Å². The smallest absolute Gasteiger partial charge is 0.181 e. The van der Waals surface area contributed by atoms with Crippen molar-refractivity contribution in [2.45, 2.75) is 33.2 Å². The highest BCUT2D eigenvalue weighted by Crippen LogP contribution is 2.09. The van der Waals surface area contributed by atoms with Crippen LogP contribution in [0.1, 0.15) is 36.2 Å². The van der Waals surface area contributed by atoms with Gasteiger partial charge in [-0.1, -0.05) is 13.8 Å². The Kier molecular flexibility index (Phi) is 3.97. The van der Waals surface area contributed by atoms with Gasteiger partial charge in [0.25, 0.3) is 0 Å². The van der Waals surface area contributed by atoms with E-state index >= 15 is 0 Å². The summed E-state index contributed by atoms with van der Waals surface area (Å²) in [7, 11) is 0. The van der Waals surface area contributed by atoms with Crippen molar-refractivity contribution >= 4 is 5.78 Å². The number of carbonyl (C=O) groups is 1. The van der Waals surface area contributed by atoms with Crippen LogP contribution in [0.5, 0.6) is 0 Å². The maximum atomic E-state index is 11.9. The van der Waals surface area contributed by atoms with Crippen LogP contribution in [0.4, 0.5) is 0 Å². The summed E-state index contributed by atoms with van der Waals surface area (Å²) < 4.78 is 0. The standard InChI is InChI=1S/C12H18N2O/c1-8(2)4-11(13)12(15)10-5-9(3)6-14-7-10/h5-8,11H,4,13H2,1-3H3. The summed E-state index contributed by atoms with van der Waals surface area (Å²) in [5, 5.41) is 0. The molecule has 15 heavy (non-hydrogen) atoms. The maximum absolute atomic E-state index is 11.9. The molecule has 1 unspecified atom stereocenters. The quantitative estimate of drug-likeness (QED) is 0.766. The Morgan fingerprint density at radius 1 is 1.47 bits per heavy atom. The van der Waals surface area contributed by atoms with Gasteiger partial charge in [0.05, 0.1) is 6.04 Å². The molecule has 0 amide bonds. The van der Waals surface area contributed by atoms with Crippen LogP contribution in [0.15, 0.2) is 18.5 Å². The van der Waals surface area contributed by atoms with Crippen molar-refractivity contribution < 1.29 is 4.79 Å². The number of hydrogen-bond acceptors (Lipinski definition) is 3. The van der Waals surface area contributed by atoms with Gasteiger partial charge >= 0.3 is 0 Å². The molecular weight excluding hydrogens is 188 g/mol. The number of rotatable bonds is 4. The van der Waals surface area contributed by atoms with E-state index < -0.39 is 6.04 Å². The Labute approximate surface area is 90.7 Å². The molecule has 1 atom stereocenters. The molecule has 1 aromatic heterocycles. The lowest BCUT2D eigenvalue weighted by Crippen LogP contribution is -2.32. The number of hydrogen-bond donors (Lipinski definition) is 1. The van der Waals surface area contributed by atoms with E-state index in [9.17, 15) is 4.79 Å². The van der Waals surface area contributed by atoms with Crippen LogP contribution in [-0.2, 0) is 0 Å². The second kappa shape index (κ2) is 5.03. The summed E-state index contributed by atoms with van der Waals surface area (Å²) in [6.45, 7) is 6.03. The van der Waals surface area contributed by atoms with E-state index in [1.807, 2.05) is 13.0 Å². The molecule has 3 nitrogen and oxygen atoms in total. The zero-order chi connectivity index (χ0) is 11.4. The van der Waals surface area contributed by atoms with Gasteiger partial charge < -0.3 is 5.73 Å². The highest BCUT2D eigenvalue weighted by atomic mass is 16.1. The molecule has 1 aromatic rings. The third-order valence-electron chi connectivity index (χ3n) is 2.22. The second-order valence-corrected chi connectivity index (χ2v) is 4.35. The third-order valence-corrected chi connectivity index (χ3v) is 2.22. The maximum Gasteiger partial charge on any atom is 0.181 e. The molecular formula is C12H18N2O. The topological polar surface area (TPSA) is 56.0 Å². The molecule has 0 radical (unpaired) electrons. The van der Waals surface area contributed by atoms with Gasteiger partial charge in [0.15, 0.2) is 5.78 Å². The number of carbonyl (C=O) groups excluding carboxylic acids is 1. The fourth-order valence-electron chi connectivity index (χ4n) is 1.52. The number of aryl methyl sites for hydroxylation is 1. The molecule has 0 aliphatic rings. The molecule has 0 saturated carbocycles. The summed E-state index contributed by atoms with van der Waals surface area (Å²) in [4.78, 5) is 15.9. The van der Waals surface area contributed by atoms with Gasteiger partial charge in [0.2, 0.25) is 0 Å². The average molecular weight is 206 g/mol. The molecule has 82 valence electrons. The van der Waals surface area contributed by atoms with Crippen molar-refractivity contribution in [3.63, 3.8) is 0 Å². The summed E-state index contributed by atoms with van der Waals surface area (Å²) in [6, 6.07) is 1.42. The predicted molar refractivity (Wildman–Crippen MR) is 60.7 cm³/mol. The SMILES string of the molecule is Cc1cncc(C(=O)C(N)CC(C)C)c1. The van der Waals surface area contributed by atoms with Crippen molar-refractivity contribution in [1.29, 1.82) is 0 Å². The largest absolute Gasteiger partial charge is 0.321 e. The number of ketones is 1. The third kappa shape index (κ3) is 3.44. The second-order valence-electron chi connectivity index (χ2n) is 4.35. The lowest BCUT2D eigenvalue weighted by molar-refractivity contribution is 0.0950. The van der Waals surface area contributed by atoms with Crippen LogP contribution in [0.3, 0.4) is 0 Å². The first-order valence-corrected chi connectivity index (χ1v) is 5.22. The molecule has 0 saturated heterocycles. The average Bonchev–Trinajstić information content (AvgIpc) is 2.15. The summed E-state index contributed by atoms with van der Waals surface area (Å²) in [5.41, 5.74) is 7.42. The minimum absolute atomic E-state index is 0.0140. The Hall–Kier alpha value is -1.22. The van der Waals surface area contributed by atoms with E-state index in [0.29, 0.717) is 17.9 Å². The van der Waals surface area contributed by atoms with E-state index in [0.717, 1.165) is 5.56 Å². The molecule has 0 bridgehead atoms. The first-order valence-electron chi connectivity index (χ1n) is 5.22. The van der Waals surface area contributed by atoms with E-state index in [1.54, 1.807) is 12.4 Å². The van der Waals surface area contributed by atoms with Crippen LogP contribution < -0.4 is 5.73 Å². The number of aromatic nitrogens is 1. The normalized spacial score (nSPS) is 12.9. The zero-order valence-corrected chi connectivity index (χ0v) is 9.53. The molecule has 2 N–H and O–H groups in total. The van der Waals surface area contributed by atoms with Gasteiger partial charge in [-0.3, -0.25) is 9.78 Å². The number of pyridine rings is 1. The van der Waals surface area contributed by atoms with Gasteiger partial charge in [0.1, 0.15) is 0 Å². The van der Waals surface area contributed by atoms with E-state index in [1.165, 1.54) is 0 Å². The Bertz CT molecular complexity index is 347.